The minimum absolute atomic E-state index is 0.336. The molecule has 1 aliphatic carbocycles. The molecule has 1 atom stereocenters. The molecule has 5 nitrogen and oxygen atoms in total. The molecule has 0 spiro atoms. The van der Waals surface area contributed by atoms with E-state index in [1.54, 1.807) is 4.90 Å². The molecule has 0 radical (unpaired) electrons. The van der Waals surface area contributed by atoms with Crippen molar-refractivity contribution in [2.24, 2.45) is 11.3 Å². The normalized spacial score (nSPS) is 26.3. The maximum absolute atomic E-state index is 11.9. The Hall–Kier alpha value is -1.10. The summed E-state index contributed by atoms with van der Waals surface area (Å²) in [6, 6.07) is 0. The molecule has 0 bridgehead atoms. The molecule has 2 N–H and O–H groups in total. The summed E-state index contributed by atoms with van der Waals surface area (Å²) >= 11 is 0. The molecular formula is C13H23N3O2. The molecule has 18 heavy (non-hydrogen) atoms. The van der Waals surface area contributed by atoms with E-state index in [1.807, 2.05) is 0 Å². The molecule has 1 heterocycles. The third kappa shape index (κ3) is 3.22. The number of carbonyl (C=O) groups is 2. The van der Waals surface area contributed by atoms with Crippen molar-refractivity contribution in [2.75, 3.05) is 32.7 Å². The Balaban J connectivity index is 1.75. The van der Waals surface area contributed by atoms with Gasteiger partial charge in [0.05, 0.1) is 0 Å². The highest BCUT2D eigenvalue weighted by Gasteiger charge is 2.45. The Morgan fingerprint density at radius 3 is 2.72 bits per heavy atom. The van der Waals surface area contributed by atoms with Gasteiger partial charge in [-0.15, -0.1) is 0 Å². The van der Waals surface area contributed by atoms with E-state index in [9.17, 15) is 9.59 Å². The van der Waals surface area contributed by atoms with Crippen LogP contribution in [-0.4, -0.2) is 49.4 Å². The van der Waals surface area contributed by atoms with E-state index in [0.29, 0.717) is 31.0 Å². The zero-order valence-electron chi connectivity index (χ0n) is 11.3. The summed E-state index contributed by atoms with van der Waals surface area (Å²) in [4.78, 5) is 25.4. The summed E-state index contributed by atoms with van der Waals surface area (Å²) in [5.41, 5.74) is 0.336. The minimum Gasteiger partial charge on any atom is -0.348 e. The van der Waals surface area contributed by atoms with Gasteiger partial charge in [0.15, 0.2) is 0 Å². The largest absolute Gasteiger partial charge is 0.348 e. The second-order valence-corrected chi connectivity index (χ2v) is 6.00. The summed E-state index contributed by atoms with van der Waals surface area (Å²) < 4.78 is 0. The fourth-order valence-corrected chi connectivity index (χ4v) is 2.41. The van der Waals surface area contributed by atoms with Crippen LogP contribution in [0.2, 0.25) is 0 Å². The first-order valence-corrected chi connectivity index (χ1v) is 6.78. The summed E-state index contributed by atoms with van der Waals surface area (Å²) in [6.07, 6.45) is 2.05. The van der Waals surface area contributed by atoms with Crippen molar-refractivity contribution in [3.05, 3.63) is 0 Å². The van der Waals surface area contributed by atoms with Crippen molar-refractivity contribution in [1.82, 2.24) is 15.5 Å². The molecule has 0 aromatic heterocycles. The monoisotopic (exact) mass is 253 g/mol. The predicted octanol–water partition coefficient (Wildman–Crippen LogP) is -0.0294. The number of amides is 2. The van der Waals surface area contributed by atoms with Crippen LogP contribution in [0.15, 0.2) is 0 Å². The average molecular weight is 253 g/mol. The fourth-order valence-electron chi connectivity index (χ4n) is 2.41. The van der Waals surface area contributed by atoms with E-state index >= 15 is 0 Å². The summed E-state index contributed by atoms with van der Waals surface area (Å²) in [5, 5.41) is 5.98. The maximum atomic E-state index is 11.9. The third-order valence-electron chi connectivity index (χ3n) is 4.05. The van der Waals surface area contributed by atoms with E-state index < -0.39 is 5.91 Å². The second-order valence-electron chi connectivity index (χ2n) is 6.00. The summed E-state index contributed by atoms with van der Waals surface area (Å²) in [5.74, 6) is -0.295. The lowest BCUT2D eigenvalue weighted by molar-refractivity contribution is -0.145. The van der Waals surface area contributed by atoms with Crippen LogP contribution in [0.1, 0.15) is 26.7 Å². The molecule has 1 unspecified atom stereocenters. The van der Waals surface area contributed by atoms with Crippen LogP contribution in [-0.2, 0) is 9.59 Å². The van der Waals surface area contributed by atoms with Gasteiger partial charge in [0, 0.05) is 26.2 Å². The molecule has 102 valence electrons. The van der Waals surface area contributed by atoms with Crippen LogP contribution in [0.25, 0.3) is 0 Å². The summed E-state index contributed by atoms with van der Waals surface area (Å²) in [6.45, 7) is 7.99. The molecule has 0 aromatic rings. The first-order valence-electron chi connectivity index (χ1n) is 6.78. The van der Waals surface area contributed by atoms with E-state index in [4.69, 9.17) is 0 Å². The Bertz CT molecular complexity index is 333. The van der Waals surface area contributed by atoms with Crippen molar-refractivity contribution in [3.8, 4) is 0 Å². The molecule has 1 saturated heterocycles. The molecule has 1 saturated carbocycles. The zero-order valence-corrected chi connectivity index (χ0v) is 11.3. The van der Waals surface area contributed by atoms with Crippen molar-refractivity contribution in [3.63, 3.8) is 0 Å². The lowest BCUT2D eigenvalue weighted by Crippen LogP contribution is -2.45. The first-order chi connectivity index (χ1) is 8.50. The van der Waals surface area contributed by atoms with E-state index in [0.717, 1.165) is 25.9 Å². The number of hydrogen-bond donors (Lipinski definition) is 2. The molecular weight excluding hydrogens is 230 g/mol. The van der Waals surface area contributed by atoms with Gasteiger partial charge in [-0.2, -0.15) is 0 Å². The van der Waals surface area contributed by atoms with E-state index in [1.165, 1.54) is 0 Å². The van der Waals surface area contributed by atoms with Gasteiger partial charge in [-0.05, 0) is 30.7 Å². The van der Waals surface area contributed by atoms with Crippen LogP contribution < -0.4 is 10.6 Å². The van der Waals surface area contributed by atoms with Crippen LogP contribution in [0.5, 0.6) is 0 Å². The van der Waals surface area contributed by atoms with E-state index in [-0.39, 0.29) is 5.91 Å². The highest BCUT2D eigenvalue weighted by atomic mass is 16.2. The smallest absolute Gasteiger partial charge is 0.311 e. The topological polar surface area (TPSA) is 61.4 Å². The lowest BCUT2D eigenvalue weighted by atomic mass is 10.1. The van der Waals surface area contributed by atoms with E-state index in [2.05, 4.69) is 24.5 Å². The minimum atomic E-state index is -0.445. The average Bonchev–Trinajstić information content (AvgIpc) is 3.02. The molecule has 2 amide bonds. The Morgan fingerprint density at radius 2 is 2.06 bits per heavy atom. The molecule has 2 rings (SSSR count). The van der Waals surface area contributed by atoms with Gasteiger partial charge in [0.2, 0.25) is 0 Å². The maximum Gasteiger partial charge on any atom is 0.311 e. The highest BCUT2D eigenvalue weighted by molar-refractivity contribution is 6.35. The predicted molar refractivity (Wildman–Crippen MR) is 69.0 cm³/mol. The van der Waals surface area contributed by atoms with Gasteiger partial charge in [-0.25, -0.2) is 0 Å². The van der Waals surface area contributed by atoms with Gasteiger partial charge in [0.1, 0.15) is 0 Å². The van der Waals surface area contributed by atoms with Crippen molar-refractivity contribution < 1.29 is 9.59 Å². The first kappa shape index (κ1) is 13.3. The van der Waals surface area contributed by atoms with Crippen molar-refractivity contribution >= 4 is 11.8 Å². The Labute approximate surface area is 108 Å². The number of carbonyl (C=O) groups excluding carboxylic acids is 2. The number of nitrogens with zero attached hydrogens (tertiary/aromatic N) is 1. The van der Waals surface area contributed by atoms with Gasteiger partial charge >= 0.3 is 11.8 Å². The van der Waals surface area contributed by atoms with Crippen LogP contribution in [0.4, 0.5) is 0 Å². The molecule has 1 aliphatic heterocycles. The van der Waals surface area contributed by atoms with Crippen molar-refractivity contribution in [1.29, 1.82) is 0 Å². The second kappa shape index (κ2) is 5.26. The van der Waals surface area contributed by atoms with Crippen LogP contribution in [0, 0.1) is 11.3 Å². The number of hydrogen-bond acceptors (Lipinski definition) is 3. The number of rotatable bonds is 2. The van der Waals surface area contributed by atoms with Crippen molar-refractivity contribution in [2.45, 2.75) is 26.7 Å². The quantitative estimate of drug-likeness (QED) is 0.679. The van der Waals surface area contributed by atoms with Gasteiger partial charge in [0.25, 0.3) is 0 Å². The SMILES string of the molecule is CC1(C)CC1CNC(=O)C(=O)N1CCCNCC1. The summed E-state index contributed by atoms with van der Waals surface area (Å²) in [7, 11) is 0. The van der Waals surface area contributed by atoms with Gasteiger partial charge in [-0.3, -0.25) is 9.59 Å². The molecule has 2 fully saturated rings. The highest BCUT2D eigenvalue weighted by Crippen LogP contribution is 2.50. The number of nitrogens with one attached hydrogen (secondary N) is 2. The zero-order chi connectivity index (χ0) is 13.2. The molecule has 2 aliphatic rings. The standard InChI is InChI=1S/C13H23N3O2/c1-13(2)8-10(13)9-15-11(17)12(18)16-6-3-4-14-5-7-16/h10,14H,3-9H2,1-2H3,(H,15,17). The third-order valence-corrected chi connectivity index (χ3v) is 4.05. The van der Waals surface area contributed by atoms with Crippen LogP contribution >= 0.6 is 0 Å². The Morgan fingerprint density at radius 1 is 1.33 bits per heavy atom. The van der Waals surface area contributed by atoms with Crippen LogP contribution in [0.3, 0.4) is 0 Å². The van der Waals surface area contributed by atoms with Gasteiger partial charge < -0.3 is 15.5 Å². The fraction of sp³-hybridized carbons (Fsp3) is 0.846. The molecule has 5 heteroatoms. The lowest BCUT2D eigenvalue weighted by Gasteiger charge is -2.19. The molecule has 0 aromatic carbocycles. The Kier molecular flexibility index (Phi) is 3.90. The van der Waals surface area contributed by atoms with Gasteiger partial charge in [-0.1, -0.05) is 13.8 Å².